The molecule has 0 radical (unpaired) electrons. The molecule has 0 fully saturated rings. The summed E-state index contributed by atoms with van der Waals surface area (Å²) in [4.78, 5) is 5.49. The lowest BCUT2D eigenvalue weighted by Crippen LogP contribution is -1.90. The zero-order valence-electron chi connectivity index (χ0n) is 9.92. The van der Waals surface area contributed by atoms with Crippen LogP contribution in [0.4, 0.5) is 5.69 Å². The van der Waals surface area contributed by atoms with E-state index in [-0.39, 0.29) is 0 Å². The van der Waals surface area contributed by atoms with Gasteiger partial charge in [-0.2, -0.15) is 0 Å². The van der Waals surface area contributed by atoms with Gasteiger partial charge in [-0.1, -0.05) is 23.1 Å². The molecule has 1 aromatic carbocycles. The number of pyridine rings is 1. The summed E-state index contributed by atoms with van der Waals surface area (Å²) in [5, 5.41) is 10.0. The van der Waals surface area contributed by atoms with Crippen LogP contribution in [-0.2, 0) is 0 Å². The van der Waals surface area contributed by atoms with Crippen LogP contribution in [0.3, 0.4) is 0 Å². The molecule has 0 spiro atoms. The first-order valence-electron chi connectivity index (χ1n) is 5.45. The minimum Gasteiger partial charge on any atom is -0.398 e. The molecule has 3 rings (SSSR count). The fourth-order valence-corrected chi connectivity index (χ4v) is 3.90. The summed E-state index contributed by atoms with van der Waals surface area (Å²) in [5.41, 5.74) is 7.61. The molecule has 0 aliphatic rings. The van der Waals surface area contributed by atoms with Crippen molar-refractivity contribution >= 4 is 55.6 Å². The zero-order chi connectivity index (χ0) is 13.4. The van der Waals surface area contributed by atoms with Gasteiger partial charge in [0, 0.05) is 26.6 Å². The van der Waals surface area contributed by atoms with E-state index in [1.165, 1.54) is 0 Å². The fraction of sp³-hybridized carbons (Fsp3) is 0.0833. The van der Waals surface area contributed by atoms with Gasteiger partial charge in [-0.15, -0.1) is 10.2 Å². The minimum absolute atomic E-state index is 0.724. The Hall–Kier alpha value is -1.18. The highest BCUT2D eigenvalue weighted by atomic mass is 79.9. The van der Waals surface area contributed by atoms with Crippen molar-refractivity contribution in [1.29, 1.82) is 0 Å². The molecule has 0 amide bonds. The number of fused-ring (bicyclic) bond motifs is 1. The van der Waals surface area contributed by atoms with Crippen LogP contribution in [0.2, 0.25) is 0 Å². The summed E-state index contributed by atoms with van der Waals surface area (Å²) < 4.78 is 1.83. The molecule has 0 aliphatic carbocycles. The number of rotatable bonds is 2. The van der Waals surface area contributed by atoms with Gasteiger partial charge in [-0.3, -0.25) is 4.98 Å². The van der Waals surface area contributed by atoms with Crippen LogP contribution in [-0.4, -0.2) is 15.2 Å². The number of nitrogen functional groups attached to an aromatic ring is 1. The van der Waals surface area contributed by atoms with E-state index in [0.29, 0.717) is 0 Å². The van der Waals surface area contributed by atoms with Crippen LogP contribution in [0.1, 0.15) is 5.01 Å². The van der Waals surface area contributed by atoms with Crippen molar-refractivity contribution < 1.29 is 0 Å². The van der Waals surface area contributed by atoms with Crippen LogP contribution in [0.25, 0.3) is 10.9 Å². The van der Waals surface area contributed by atoms with Crippen LogP contribution >= 0.6 is 39.0 Å². The molecule has 19 heavy (non-hydrogen) atoms. The molecule has 7 heteroatoms. The van der Waals surface area contributed by atoms with Crippen molar-refractivity contribution in [2.24, 2.45) is 0 Å². The number of hydrogen-bond acceptors (Lipinski definition) is 6. The van der Waals surface area contributed by atoms with Gasteiger partial charge in [-0.05, 0) is 41.1 Å². The molecule has 0 bridgehead atoms. The number of nitrogens with zero attached hydrogens (tertiary/aromatic N) is 3. The van der Waals surface area contributed by atoms with E-state index in [9.17, 15) is 0 Å². The molecule has 96 valence electrons. The number of benzene rings is 1. The number of aromatic nitrogens is 3. The lowest BCUT2D eigenvalue weighted by Gasteiger charge is -2.06. The first-order valence-corrected chi connectivity index (χ1v) is 7.88. The Labute approximate surface area is 126 Å². The van der Waals surface area contributed by atoms with Crippen molar-refractivity contribution in [1.82, 2.24) is 15.2 Å². The number of anilines is 1. The van der Waals surface area contributed by atoms with E-state index in [1.807, 2.05) is 25.1 Å². The van der Waals surface area contributed by atoms with Crippen molar-refractivity contribution in [3.8, 4) is 0 Å². The number of aryl methyl sites for hydroxylation is 1. The Bertz CT molecular complexity index is 757. The van der Waals surface area contributed by atoms with Gasteiger partial charge in [0.1, 0.15) is 5.01 Å². The van der Waals surface area contributed by atoms with E-state index >= 15 is 0 Å². The third kappa shape index (κ3) is 2.58. The molecule has 2 heterocycles. The summed E-state index contributed by atoms with van der Waals surface area (Å²) in [6.07, 6.45) is 1.77. The normalized spacial score (nSPS) is 11.1. The molecule has 3 aromatic rings. The lowest BCUT2D eigenvalue weighted by atomic mass is 10.2. The highest BCUT2D eigenvalue weighted by Gasteiger charge is 2.10. The van der Waals surface area contributed by atoms with E-state index in [0.717, 1.165) is 35.3 Å². The Kier molecular flexibility index (Phi) is 3.42. The molecule has 2 N–H and O–H groups in total. The van der Waals surface area contributed by atoms with Crippen molar-refractivity contribution in [3.63, 3.8) is 0 Å². The van der Waals surface area contributed by atoms with Gasteiger partial charge in [0.2, 0.25) is 0 Å². The van der Waals surface area contributed by atoms with Gasteiger partial charge in [-0.25, -0.2) is 0 Å². The largest absolute Gasteiger partial charge is 0.398 e. The standard InChI is InChI=1S/C12H9BrN4S2/c1-6-16-17-12(18-6)19-10-3-2-9(14)8-4-7(13)5-15-11(8)10/h2-5H,14H2,1H3. The Morgan fingerprint density at radius 1 is 1.32 bits per heavy atom. The van der Waals surface area contributed by atoms with Crippen molar-refractivity contribution in [2.75, 3.05) is 5.73 Å². The fourth-order valence-electron chi connectivity index (χ4n) is 1.69. The predicted octanol–water partition coefficient (Wildman–Crippen LogP) is 3.89. The number of nitrogens with two attached hydrogens (primary N) is 1. The van der Waals surface area contributed by atoms with Crippen molar-refractivity contribution in [3.05, 3.63) is 33.9 Å². The molecule has 0 saturated carbocycles. The monoisotopic (exact) mass is 352 g/mol. The second-order valence-electron chi connectivity index (χ2n) is 3.89. The van der Waals surface area contributed by atoms with Crippen LogP contribution < -0.4 is 5.73 Å². The average Bonchev–Trinajstić information content (AvgIpc) is 2.79. The molecule has 0 saturated heterocycles. The van der Waals surface area contributed by atoms with Crippen LogP contribution in [0.5, 0.6) is 0 Å². The van der Waals surface area contributed by atoms with Crippen LogP contribution in [0.15, 0.2) is 38.1 Å². The Balaban J connectivity index is 2.11. The SMILES string of the molecule is Cc1nnc(Sc2ccc(N)c3cc(Br)cnc23)s1. The second kappa shape index (κ2) is 5.07. The Morgan fingerprint density at radius 3 is 2.89 bits per heavy atom. The zero-order valence-corrected chi connectivity index (χ0v) is 13.1. The maximum Gasteiger partial charge on any atom is 0.179 e. The lowest BCUT2D eigenvalue weighted by molar-refractivity contribution is 0.984. The third-order valence-electron chi connectivity index (χ3n) is 2.52. The van der Waals surface area contributed by atoms with Crippen molar-refractivity contribution in [2.45, 2.75) is 16.2 Å². The van der Waals surface area contributed by atoms with E-state index in [2.05, 4.69) is 31.1 Å². The quantitative estimate of drug-likeness (QED) is 0.708. The Morgan fingerprint density at radius 2 is 2.16 bits per heavy atom. The third-order valence-corrected chi connectivity index (χ3v) is 4.89. The maximum atomic E-state index is 6.00. The topological polar surface area (TPSA) is 64.7 Å². The highest BCUT2D eigenvalue weighted by molar-refractivity contribution is 9.10. The second-order valence-corrected chi connectivity index (χ2v) is 7.28. The highest BCUT2D eigenvalue weighted by Crippen LogP contribution is 2.36. The first-order chi connectivity index (χ1) is 9.13. The molecule has 0 aliphatic heterocycles. The molecule has 2 aromatic heterocycles. The van der Waals surface area contributed by atoms with Crippen LogP contribution in [0, 0.1) is 6.92 Å². The summed E-state index contributed by atoms with van der Waals surface area (Å²) in [6, 6.07) is 5.85. The summed E-state index contributed by atoms with van der Waals surface area (Å²) >= 11 is 6.55. The van der Waals surface area contributed by atoms with Gasteiger partial charge in [0.15, 0.2) is 4.34 Å². The molecule has 4 nitrogen and oxygen atoms in total. The molecular weight excluding hydrogens is 344 g/mol. The smallest absolute Gasteiger partial charge is 0.179 e. The summed E-state index contributed by atoms with van der Waals surface area (Å²) in [5.74, 6) is 0. The van der Waals surface area contributed by atoms with E-state index in [4.69, 9.17) is 5.73 Å². The van der Waals surface area contributed by atoms with Gasteiger partial charge < -0.3 is 5.73 Å². The summed E-state index contributed by atoms with van der Waals surface area (Å²) in [7, 11) is 0. The van der Waals surface area contributed by atoms with Gasteiger partial charge in [0.25, 0.3) is 0 Å². The van der Waals surface area contributed by atoms with Gasteiger partial charge in [0.05, 0.1) is 5.52 Å². The maximum absolute atomic E-state index is 6.00. The minimum atomic E-state index is 0.724. The van der Waals surface area contributed by atoms with Gasteiger partial charge >= 0.3 is 0 Å². The average molecular weight is 353 g/mol. The summed E-state index contributed by atoms with van der Waals surface area (Å²) in [6.45, 7) is 1.94. The van der Waals surface area contributed by atoms with E-state index in [1.54, 1.807) is 29.3 Å². The predicted molar refractivity (Wildman–Crippen MR) is 82.6 cm³/mol. The molecule has 0 unspecified atom stereocenters. The number of hydrogen-bond donors (Lipinski definition) is 1. The van der Waals surface area contributed by atoms with E-state index < -0.39 is 0 Å². The first kappa shape index (κ1) is 12.8. The molecule has 0 atom stereocenters. The molecular formula is C12H9BrN4S2. The number of halogens is 1.